The Hall–Kier alpha value is -0.830. The zero-order chi connectivity index (χ0) is 9.02. The van der Waals surface area contributed by atoms with Crippen LogP contribution < -0.4 is 11.1 Å². The third kappa shape index (κ3) is 2.72. The van der Waals surface area contributed by atoms with Gasteiger partial charge in [0.1, 0.15) is 0 Å². The van der Waals surface area contributed by atoms with Crippen LogP contribution >= 0.6 is 0 Å². The highest BCUT2D eigenvalue weighted by molar-refractivity contribution is 5.92. The molecule has 1 amide bonds. The van der Waals surface area contributed by atoms with Crippen molar-refractivity contribution in [3.05, 3.63) is 11.1 Å². The molecule has 0 aromatic rings. The minimum absolute atomic E-state index is 0.211. The van der Waals surface area contributed by atoms with Crippen LogP contribution in [0.25, 0.3) is 0 Å². The van der Waals surface area contributed by atoms with Gasteiger partial charge in [0, 0.05) is 11.6 Å². The molecule has 0 aliphatic carbocycles. The first kappa shape index (κ1) is 10.2. The van der Waals surface area contributed by atoms with Gasteiger partial charge in [-0.1, -0.05) is 0 Å². The molecule has 0 heterocycles. The molecule has 0 spiro atoms. The van der Waals surface area contributed by atoms with Gasteiger partial charge in [-0.15, -0.1) is 0 Å². The average Bonchev–Trinajstić information content (AvgIpc) is 2.00. The molecule has 0 bridgehead atoms. The van der Waals surface area contributed by atoms with E-state index in [9.17, 15) is 4.79 Å². The van der Waals surface area contributed by atoms with Crippen LogP contribution in [-0.4, -0.2) is 19.0 Å². The van der Waals surface area contributed by atoms with Crippen molar-refractivity contribution >= 4 is 5.91 Å². The van der Waals surface area contributed by atoms with Crippen molar-refractivity contribution in [3.63, 3.8) is 0 Å². The van der Waals surface area contributed by atoms with Crippen LogP contribution in [0, 0.1) is 0 Å². The molecule has 3 N–H and O–H groups in total. The predicted octanol–water partition coefficient (Wildman–Crippen LogP) is 0.416. The van der Waals surface area contributed by atoms with E-state index in [0.717, 1.165) is 5.57 Å². The van der Waals surface area contributed by atoms with Crippen LogP contribution in [-0.2, 0) is 4.79 Å². The molecule has 0 fully saturated rings. The second-order valence-electron chi connectivity index (χ2n) is 2.68. The molecule has 64 valence electrons. The lowest BCUT2D eigenvalue weighted by Crippen LogP contribution is -2.25. The second kappa shape index (κ2) is 4.13. The molecule has 0 radical (unpaired) electrons. The van der Waals surface area contributed by atoms with Crippen molar-refractivity contribution in [3.8, 4) is 0 Å². The van der Waals surface area contributed by atoms with Gasteiger partial charge < -0.3 is 11.1 Å². The third-order valence-electron chi connectivity index (χ3n) is 2.04. The number of hydrogen-bond donors (Lipinski definition) is 2. The number of carbonyl (C=O) groups excluding carboxylic acids is 1. The topological polar surface area (TPSA) is 55.1 Å². The van der Waals surface area contributed by atoms with Gasteiger partial charge in [0.15, 0.2) is 0 Å². The Bertz CT molecular complexity index is 185. The Morgan fingerprint density at radius 2 is 1.91 bits per heavy atom. The molecule has 0 rings (SSSR count). The monoisotopic (exact) mass is 156 g/mol. The number of carbonyl (C=O) groups is 1. The van der Waals surface area contributed by atoms with Crippen molar-refractivity contribution in [2.24, 2.45) is 5.73 Å². The number of rotatable bonds is 3. The summed E-state index contributed by atoms with van der Waals surface area (Å²) in [7, 11) is 1.85. The van der Waals surface area contributed by atoms with E-state index in [0.29, 0.717) is 5.57 Å². The maximum atomic E-state index is 10.7. The first-order valence-electron chi connectivity index (χ1n) is 3.65. The van der Waals surface area contributed by atoms with E-state index in [-0.39, 0.29) is 11.9 Å². The minimum atomic E-state index is -0.343. The summed E-state index contributed by atoms with van der Waals surface area (Å²) in [6.45, 7) is 5.63. The standard InChI is InChI=1S/C8H16N2O/c1-5(7(3)10-4)6(2)8(9)11/h7,10H,1-4H3,(H2,9,11)/b6-5+. The largest absolute Gasteiger partial charge is 0.366 e. The molecule has 0 aliphatic rings. The maximum absolute atomic E-state index is 10.7. The van der Waals surface area contributed by atoms with Crippen LogP contribution in [0.4, 0.5) is 0 Å². The number of nitrogens with one attached hydrogen (secondary N) is 1. The van der Waals surface area contributed by atoms with Gasteiger partial charge in [0.25, 0.3) is 0 Å². The van der Waals surface area contributed by atoms with Gasteiger partial charge in [0.2, 0.25) is 5.91 Å². The molecular weight excluding hydrogens is 140 g/mol. The highest BCUT2D eigenvalue weighted by atomic mass is 16.1. The fraction of sp³-hybridized carbons (Fsp3) is 0.625. The molecule has 3 nitrogen and oxygen atoms in total. The lowest BCUT2D eigenvalue weighted by atomic mass is 10.0. The van der Waals surface area contributed by atoms with Crippen LogP contribution in [0.2, 0.25) is 0 Å². The molecule has 0 saturated heterocycles. The summed E-state index contributed by atoms with van der Waals surface area (Å²) in [6.07, 6.45) is 0. The predicted molar refractivity (Wildman–Crippen MR) is 46.1 cm³/mol. The van der Waals surface area contributed by atoms with Gasteiger partial charge in [-0.05, 0) is 33.4 Å². The smallest absolute Gasteiger partial charge is 0.244 e. The lowest BCUT2D eigenvalue weighted by molar-refractivity contribution is -0.114. The van der Waals surface area contributed by atoms with Gasteiger partial charge in [0.05, 0.1) is 0 Å². The fourth-order valence-electron chi connectivity index (χ4n) is 0.736. The number of likely N-dealkylation sites (N-methyl/N-ethyl adjacent to an activating group) is 1. The van der Waals surface area contributed by atoms with Crippen LogP contribution in [0.3, 0.4) is 0 Å². The van der Waals surface area contributed by atoms with E-state index in [2.05, 4.69) is 5.32 Å². The molecule has 0 aliphatic heterocycles. The molecule has 1 unspecified atom stereocenters. The van der Waals surface area contributed by atoms with Gasteiger partial charge in [-0.2, -0.15) is 0 Å². The summed E-state index contributed by atoms with van der Waals surface area (Å²) in [5.74, 6) is -0.343. The van der Waals surface area contributed by atoms with Crippen molar-refractivity contribution in [2.45, 2.75) is 26.8 Å². The summed E-state index contributed by atoms with van der Waals surface area (Å²) in [4.78, 5) is 10.7. The van der Waals surface area contributed by atoms with Gasteiger partial charge >= 0.3 is 0 Å². The minimum Gasteiger partial charge on any atom is -0.366 e. The second-order valence-corrected chi connectivity index (χ2v) is 2.68. The Balaban J connectivity index is 4.51. The molecule has 1 atom stereocenters. The Morgan fingerprint density at radius 1 is 1.45 bits per heavy atom. The van der Waals surface area contributed by atoms with Crippen LogP contribution in [0.15, 0.2) is 11.1 Å². The van der Waals surface area contributed by atoms with Crippen LogP contribution in [0.5, 0.6) is 0 Å². The van der Waals surface area contributed by atoms with Crippen molar-refractivity contribution in [1.29, 1.82) is 0 Å². The highest BCUT2D eigenvalue weighted by Gasteiger charge is 2.07. The molecular formula is C8H16N2O. The molecule has 0 aromatic heterocycles. The highest BCUT2D eigenvalue weighted by Crippen LogP contribution is 2.06. The zero-order valence-corrected chi connectivity index (χ0v) is 7.56. The van der Waals surface area contributed by atoms with Crippen molar-refractivity contribution in [2.75, 3.05) is 7.05 Å². The van der Waals surface area contributed by atoms with E-state index in [1.807, 2.05) is 20.9 Å². The van der Waals surface area contributed by atoms with Crippen molar-refractivity contribution < 1.29 is 4.79 Å². The van der Waals surface area contributed by atoms with E-state index >= 15 is 0 Å². The summed E-state index contributed by atoms with van der Waals surface area (Å²) < 4.78 is 0. The molecule has 0 saturated carbocycles. The SMILES string of the molecule is CNC(C)/C(C)=C(\C)C(N)=O. The Morgan fingerprint density at radius 3 is 2.18 bits per heavy atom. The number of primary amides is 1. The number of amides is 1. The summed E-state index contributed by atoms with van der Waals surface area (Å²) in [5, 5.41) is 3.03. The van der Waals surface area contributed by atoms with E-state index in [4.69, 9.17) is 5.73 Å². The van der Waals surface area contributed by atoms with Crippen molar-refractivity contribution in [1.82, 2.24) is 5.32 Å². The summed E-state index contributed by atoms with van der Waals surface area (Å²) >= 11 is 0. The number of hydrogen-bond acceptors (Lipinski definition) is 2. The maximum Gasteiger partial charge on any atom is 0.244 e. The molecule has 11 heavy (non-hydrogen) atoms. The van der Waals surface area contributed by atoms with E-state index in [1.165, 1.54) is 0 Å². The first-order valence-corrected chi connectivity index (χ1v) is 3.65. The Kier molecular flexibility index (Phi) is 3.82. The zero-order valence-electron chi connectivity index (χ0n) is 7.56. The third-order valence-corrected chi connectivity index (χ3v) is 2.04. The molecule has 0 aromatic carbocycles. The lowest BCUT2D eigenvalue weighted by Gasteiger charge is -2.12. The normalized spacial score (nSPS) is 15.6. The summed E-state index contributed by atoms with van der Waals surface area (Å²) in [6, 6.07) is 0.211. The first-order chi connectivity index (χ1) is 5.00. The Labute approximate surface area is 67.7 Å². The van der Waals surface area contributed by atoms with Gasteiger partial charge in [-0.25, -0.2) is 0 Å². The average molecular weight is 156 g/mol. The molecule has 3 heteroatoms. The van der Waals surface area contributed by atoms with Gasteiger partial charge in [-0.3, -0.25) is 4.79 Å². The van der Waals surface area contributed by atoms with E-state index < -0.39 is 0 Å². The fourth-order valence-corrected chi connectivity index (χ4v) is 0.736. The number of nitrogens with two attached hydrogens (primary N) is 1. The van der Waals surface area contributed by atoms with Crippen LogP contribution in [0.1, 0.15) is 20.8 Å². The summed E-state index contributed by atoms with van der Waals surface area (Å²) in [5.41, 5.74) is 6.75. The quantitative estimate of drug-likeness (QED) is 0.582. The van der Waals surface area contributed by atoms with E-state index in [1.54, 1.807) is 6.92 Å².